The number of ether oxygens (including phenoxy) is 1. The zero-order valence-corrected chi connectivity index (χ0v) is 16.3. The molecule has 146 valence electrons. The summed E-state index contributed by atoms with van der Waals surface area (Å²) in [6.45, 7) is 3.36. The number of amides is 1. The van der Waals surface area contributed by atoms with Crippen molar-refractivity contribution in [3.05, 3.63) is 30.6 Å². The fourth-order valence-corrected chi connectivity index (χ4v) is 2.82. The number of esters is 1. The Labute approximate surface area is 158 Å². The molecule has 0 spiro atoms. The molecule has 1 amide bonds. The van der Waals surface area contributed by atoms with Crippen LogP contribution in [0, 0.1) is 0 Å². The average molecular weight is 364 g/mol. The fraction of sp³-hybridized carbons (Fsp3) is 0.667. The first-order chi connectivity index (χ1) is 12.8. The van der Waals surface area contributed by atoms with Gasteiger partial charge in [-0.1, -0.05) is 64.4 Å². The van der Waals surface area contributed by atoms with Crippen molar-refractivity contribution in [2.45, 2.75) is 77.8 Å². The lowest BCUT2D eigenvalue weighted by Gasteiger charge is -2.13. The number of pyridine rings is 1. The van der Waals surface area contributed by atoms with Gasteiger partial charge in [-0.15, -0.1) is 0 Å². The predicted octanol–water partition coefficient (Wildman–Crippen LogP) is 3.85. The quantitative estimate of drug-likeness (QED) is 0.194. The van der Waals surface area contributed by atoms with Crippen LogP contribution in [0.5, 0.6) is 0 Å². The van der Waals surface area contributed by atoms with Crippen molar-refractivity contribution in [2.24, 2.45) is 0 Å². The van der Waals surface area contributed by atoms with Gasteiger partial charge in [0.15, 0.2) is 12.4 Å². The van der Waals surface area contributed by atoms with Crippen molar-refractivity contribution in [2.75, 3.05) is 13.2 Å². The summed E-state index contributed by atoms with van der Waals surface area (Å²) in [5.41, 5.74) is 0. The van der Waals surface area contributed by atoms with Gasteiger partial charge in [0.05, 0.1) is 6.54 Å². The van der Waals surface area contributed by atoms with Gasteiger partial charge in [0.2, 0.25) is 13.1 Å². The fourth-order valence-electron chi connectivity index (χ4n) is 2.82. The molecule has 0 aromatic carbocycles. The number of unbranched alkanes of at least 4 members (excludes halogenated alkanes) is 8. The van der Waals surface area contributed by atoms with Crippen LogP contribution < -0.4 is 4.57 Å². The largest absolute Gasteiger partial charge is 0.464 e. The Morgan fingerprint density at radius 1 is 0.962 bits per heavy atom. The topological polar surface area (TPSA) is 50.5 Å². The lowest BCUT2D eigenvalue weighted by molar-refractivity contribution is -0.712. The first-order valence-corrected chi connectivity index (χ1v) is 10.0. The molecule has 0 saturated carbocycles. The average Bonchev–Trinajstić information content (AvgIpc) is 2.66. The molecule has 5 heteroatoms. The van der Waals surface area contributed by atoms with E-state index >= 15 is 0 Å². The van der Waals surface area contributed by atoms with Crippen molar-refractivity contribution < 1.29 is 18.9 Å². The third kappa shape index (κ3) is 11.6. The van der Waals surface area contributed by atoms with Crippen LogP contribution in [-0.4, -0.2) is 30.4 Å². The van der Waals surface area contributed by atoms with Gasteiger partial charge in [-0.25, -0.2) is 0 Å². The molecular formula is C21H35N2O3+. The lowest BCUT2D eigenvalue weighted by atomic mass is 10.1. The smallest absolute Gasteiger partial charge is 0.305 e. The van der Waals surface area contributed by atoms with E-state index in [1.54, 1.807) is 4.90 Å². The second-order valence-corrected chi connectivity index (χ2v) is 6.75. The van der Waals surface area contributed by atoms with E-state index in [1.165, 1.54) is 44.9 Å². The third-order valence-corrected chi connectivity index (χ3v) is 4.40. The van der Waals surface area contributed by atoms with E-state index in [-0.39, 0.29) is 12.6 Å². The van der Waals surface area contributed by atoms with Gasteiger partial charge in [0.1, 0.15) is 6.61 Å². The second kappa shape index (κ2) is 15.4. The van der Waals surface area contributed by atoms with Crippen molar-refractivity contribution in [3.8, 4) is 0 Å². The highest BCUT2D eigenvalue weighted by Gasteiger charge is 2.09. The first kappa shape index (κ1) is 22.1. The summed E-state index contributed by atoms with van der Waals surface area (Å²) >= 11 is 0. The highest BCUT2D eigenvalue weighted by atomic mass is 16.5. The maximum absolute atomic E-state index is 11.7. The Kier molecular flexibility index (Phi) is 13.1. The monoisotopic (exact) mass is 363 g/mol. The molecule has 0 unspecified atom stereocenters. The molecule has 26 heavy (non-hydrogen) atoms. The third-order valence-electron chi connectivity index (χ3n) is 4.40. The number of nitrogens with zero attached hydrogens (tertiary/aromatic N) is 2. The predicted molar refractivity (Wildman–Crippen MR) is 102 cm³/mol. The number of rotatable bonds is 16. The molecule has 0 N–H and O–H groups in total. The molecule has 0 saturated heterocycles. The van der Waals surface area contributed by atoms with E-state index in [0.717, 1.165) is 19.3 Å². The van der Waals surface area contributed by atoms with E-state index in [0.29, 0.717) is 19.6 Å². The van der Waals surface area contributed by atoms with Crippen LogP contribution in [0.4, 0.5) is 0 Å². The zero-order valence-electron chi connectivity index (χ0n) is 16.3. The highest BCUT2D eigenvalue weighted by molar-refractivity contribution is 5.69. The summed E-state index contributed by atoms with van der Waals surface area (Å²) in [5.74, 6) is -0.161. The molecule has 0 atom stereocenters. The molecule has 0 fully saturated rings. The maximum atomic E-state index is 11.7. The van der Waals surface area contributed by atoms with Crippen LogP contribution in [0.2, 0.25) is 0 Å². The van der Waals surface area contributed by atoms with Crippen LogP contribution in [0.25, 0.3) is 0 Å². The van der Waals surface area contributed by atoms with E-state index < -0.39 is 0 Å². The number of aromatic nitrogens is 1. The summed E-state index contributed by atoms with van der Waals surface area (Å²) in [6, 6.07) is 5.75. The maximum Gasteiger partial charge on any atom is 0.305 e. The Bertz CT molecular complexity index is 479. The minimum absolute atomic E-state index is 0.161. The molecule has 1 aromatic heterocycles. The van der Waals surface area contributed by atoms with Gasteiger partial charge in [0, 0.05) is 18.6 Å². The number of hydrogen-bond acceptors (Lipinski definition) is 3. The summed E-state index contributed by atoms with van der Waals surface area (Å²) in [4.78, 5) is 24.4. The minimum Gasteiger partial charge on any atom is -0.464 e. The molecule has 1 aromatic rings. The summed E-state index contributed by atoms with van der Waals surface area (Å²) in [5, 5.41) is 0. The van der Waals surface area contributed by atoms with Gasteiger partial charge in [-0.3, -0.25) is 14.5 Å². The van der Waals surface area contributed by atoms with Gasteiger partial charge in [0.25, 0.3) is 0 Å². The molecule has 5 nitrogen and oxygen atoms in total. The second-order valence-electron chi connectivity index (χ2n) is 6.75. The van der Waals surface area contributed by atoms with Crippen molar-refractivity contribution >= 4 is 12.4 Å². The molecule has 1 rings (SSSR count). The van der Waals surface area contributed by atoms with Crippen LogP contribution in [0.1, 0.15) is 71.1 Å². The van der Waals surface area contributed by atoms with Crippen LogP contribution in [0.15, 0.2) is 30.6 Å². The Morgan fingerprint density at radius 2 is 1.58 bits per heavy atom. The Hall–Kier alpha value is -1.91. The van der Waals surface area contributed by atoms with Crippen molar-refractivity contribution in [1.82, 2.24) is 4.90 Å². The van der Waals surface area contributed by atoms with Gasteiger partial charge >= 0.3 is 5.97 Å². The van der Waals surface area contributed by atoms with Gasteiger partial charge in [-0.2, -0.15) is 4.57 Å². The molecular weight excluding hydrogens is 328 g/mol. The SMILES string of the molecule is CCCCCCCCCCCC(=O)OCCN(C=O)C[n+]1ccccc1. The van der Waals surface area contributed by atoms with E-state index in [9.17, 15) is 9.59 Å². The number of hydrogen-bond donors (Lipinski definition) is 0. The standard InChI is InChI=1S/C21H35N2O3/c1-2-3-4-5-6-7-8-9-11-14-21(25)26-18-17-23(20-24)19-22-15-12-10-13-16-22/h10,12-13,15-16,20H,2-9,11,14,17-19H2,1H3/q+1. The van der Waals surface area contributed by atoms with E-state index in [4.69, 9.17) is 4.74 Å². The van der Waals surface area contributed by atoms with E-state index in [1.807, 2.05) is 35.2 Å². The lowest BCUT2D eigenvalue weighted by Crippen LogP contribution is -2.43. The Balaban J connectivity index is 1.99. The molecule has 0 bridgehead atoms. The molecule has 1 heterocycles. The van der Waals surface area contributed by atoms with Gasteiger partial charge in [-0.05, 0) is 6.42 Å². The Morgan fingerprint density at radius 3 is 2.19 bits per heavy atom. The summed E-state index contributed by atoms with van der Waals surface area (Å²) in [7, 11) is 0. The number of carbonyl (C=O) groups is 2. The summed E-state index contributed by atoms with van der Waals surface area (Å²) in [6.07, 6.45) is 16.1. The van der Waals surface area contributed by atoms with Crippen LogP contribution >= 0.6 is 0 Å². The zero-order chi connectivity index (χ0) is 18.9. The van der Waals surface area contributed by atoms with Crippen molar-refractivity contribution in [1.29, 1.82) is 0 Å². The van der Waals surface area contributed by atoms with Crippen molar-refractivity contribution in [3.63, 3.8) is 0 Å². The summed E-state index contributed by atoms with van der Waals surface area (Å²) < 4.78 is 7.14. The highest BCUT2D eigenvalue weighted by Crippen LogP contribution is 2.10. The molecule has 0 radical (unpaired) electrons. The van der Waals surface area contributed by atoms with Crippen LogP contribution in [-0.2, 0) is 21.0 Å². The van der Waals surface area contributed by atoms with Gasteiger partial charge < -0.3 is 4.74 Å². The molecule has 0 aliphatic carbocycles. The number of carbonyl (C=O) groups excluding carboxylic acids is 2. The minimum atomic E-state index is -0.161. The van der Waals surface area contributed by atoms with E-state index in [2.05, 4.69) is 6.92 Å². The molecule has 0 aliphatic heterocycles. The first-order valence-electron chi connectivity index (χ1n) is 10.0. The normalized spacial score (nSPS) is 10.5. The van der Waals surface area contributed by atoms with Crippen LogP contribution in [0.3, 0.4) is 0 Å². The molecule has 0 aliphatic rings.